The highest BCUT2D eigenvalue weighted by atomic mass is 16.6. The Balaban J connectivity index is 1.63. The number of hydrogen-bond acceptors (Lipinski definition) is 6. The molecule has 0 amide bonds. The molecule has 31 heavy (non-hydrogen) atoms. The van der Waals surface area contributed by atoms with Gasteiger partial charge < -0.3 is 14.6 Å². The summed E-state index contributed by atoms with van der Waals surface area (Å²) in [7, 11) is 0. The normalized spacial score (nSPS) is 42.5. The Kier molecular flexibility index (Phi) is 5.60. The number of aliphatic hydroxyl groups is 1. The summed E-state index contributed by atoms with van der Waals surface area (Å²) < 4.78 is 10.7. The molecule has 7 atom stereocenters. The van der Waals surface area contributed by atoms with Crippen molar-refractivity contribution in [3.63, 3.8) is 0 Å². The molecular weight excluding hydrogens is 396 g/mol. The molecule has 4 aliphatic rings. The second-order valence-electron chi connectivity index (χ2n) is 10.8. The van der Waals surface area contributed by atoms with Crippen LogP contribution in [0.4, 0.5) is 0 Å². The summed E-state index contributed by atoms with van der Waals surface area (Å²) >= 11 is 0. The van der Waals surface area contributed by atoms with E-state index in [0.29, 0.717) is 30.6 Å². The lowest BCUT2D eigenvalue weighted by Gasteiger charge is -2.59. The first-order valence-corrected chi connectivity index (χ1v) is 11.8. The molecule has 6 heteroatoms. The predicted octanol–water partition coefficient (Wildman–Crippen LogP) is 3.74. The van der Waals surface area contributed by atoms with Crippen LogP contribution in [0.1, 0.15) is 79.1 Å². The molecule has 0 aliphatic heterocycles. The molecule has 0 saturated heterocycles. The van der Waals surface area contributed by atoms with Crippen LogP contribution >= 0.6 is 0 Å². The van der Waals surface area contributed by atoms with Gasteiger partial charge in [0.05, 0.1) is 0 Å². The van der Waals surface area contributed by atoms with Crippen LogP contribution in [0.25, 0.3) is 0 Å². The first kappa shape index (κ1) is 22.5. The molecule has 0 spiro atoms. The van der Waals surface area contributed by atoms with Gasteiger partial charge in [-0.3, -0.25) is 14.4 Å². The second-order valence-corrected chi connectivity index (χ2v) is 10.8. The van der Waals surface area contributed by atoms with Crippen molar-refractivity contribution < 1.29 is 29.0 Å². The van der Waals surface area contributed by atoms with Crippen molar-refractivity contribution >= 4 is 17.7 Å². The molecule has 0 aromatic rings. The molecule has 6 nitrogen and oxygen atoms in total. The SMILES string of the molecule is CC(=O)OC[C@H](OC(C)=O)[C@]1(O)CC[C@@H]2[C@H]3CCC4=CC(=O)CC[C@]4(C)[C@@H]3CC[C@]21C. The van der Waals surface area contributed by atoms with Gasteiger partial charge in [-0.25, -0.2) is 0 Å². The number of esters is 2. The molecule has 1 N–H and O–H groups in total. The van der Waals surface area contributed by atoms with Gasteiger partial charge in [0.15, 0.2) is 11.9 Å². The Morgan fingerprint density at radius 1 is 1.06 bits per heavy atom. The van der Waals surface area contributed by atoms with Gasteiger partial charge in [-0.1, -0.05) is 19.4 Å². The minimum absolute atomic E-state index is 0.0753. The minimum atomic E-state index is -1.22. The Morgan fingerprint density at radius 3 is 2.45 bits per heavy atom. The van der Waals surface area contributed by atoms with E-state index in [9.17, 15) is 19.5 Å². The van der Waals surface area contributed by atoms with Gasteiger partial charge in [-0.15, -0.1) is 0 Å². The zero-order chi connectivity index (χ0) is 22.6. The topological polar surface area (TPSA) is 89.9 Å². The largest absolute Gasteiger partial charge is 0.462 e. The molecule has 0 aromatic carbocycles. The van der Waals surface area contributed by atoms with Gasteiger partial charge >= 0.3 is 11.9 Å². The first-order valence-electron chi connectivity index (χ1n) is 11.8. The molecule has 4 aliphatic carbocycles. The van der Waals surface area contributed by atoms with E-state index in [1.54, 1.807) is 0 Å². The maximum absolute atomic E-state index is 12.0. The number of carbonyl (C=O) groups is 3. The predicted molar refractivity (Wildman–Crippen MR) is 114 cm³/mol. The van der Waals surface area contributed by atoms with Crippen LogP contribution < -0.4 is 0 Å². The highest BCUT2D eigenvalue weighted by molar-refractivity contribution is 5.91. The van der Waals surface area contributed by atoms with Crippen molar-refractivity contribution in [2.24, 2.45) is 28.6 Å². The van der Waals surface area contributed by atoms with E-state index in [0.717, 1.165) is 38.5 Å². The Labute approximate surface area is 184 Å². The summed E-state index contributed by atoms with van der Waals surface area (Å²) in [5, 5.41) is 12.0. The maximum atomic E-state index is 12.0. The van der Waals surface area contributed by atoms with Crippen molar-refractivity contribution in [3.05, 3.63) is 11.6 Å². The van der Waals surface area contributed by atoms with E-state index in [1.165, 1.54) is 19.4 Å². The quantitative estimate of drug-likeness (QED) is 0.681. The van der Waals surface area contributed by atoms with E-state index in [1.807, 2.05) is 6.08 Å². The third-order valence-corrected chi connectivity index (χ3v) is 9.46. The van der Waals surface area contributed by atoms with Gasteiger partial charge in [0, 0.05) is 25.7 Å². The van der Waals surface area contributed by atoms with Gasteiger partial charge in [0.1, 0.15) is 12.2 Å². The number of fused-ring (bicyclic) bond motifs is 5. The van der Waals surface area contributed by atoms with Gasteiger partial charge in [-0.2, -0.15) is 0 Å². The molecule has 0 heterocycles. The fourth-order valence-electron chi connectivity index (χ4n) is 7.80. The third kappa shape index (κ3) is 3.46. The monoisotopic (exact) mass is 432 g/mol. The highest BCUT2D eigenvalue weighted by Crippen LogP contribution is 2.68. The summed E-state index contributed by atoms with van der Waals surface area (Å²) in [6.45, 7) is 7.02. The lowest BCUT2D eigenvalue weighted by Crippen LogP contribution is -2.60. The number of carbonyl (C=O) groups excluding carboxylic acids is 3. The lowest BCUT2D eigenvalue weighted by molar-refractivity contribution is -0.207. The van der Waals surface area contributed by atoms with Crippen molar-refractivity contribution in [3.8, 4) is 0 Å². The van der Waals surface area contributed by atoms with Crippen molar-refractivity contribution in [1.29, 1.82) is 0 Å². The molecule has 4 rings (SSSR count). The number of hydrogen-bond donors (Lipinski definition) is 1. The molecule has 3 fully saturated rings. The Hall–Kier alpha value is -1.69. The number of rotatable bonds is 4. The number of ketones is 1. The second kappa shape index (κ2) is 7.72. The van der Waals surface area contributed by atoms with Crippen LogP contribution in [-0.4, -0.2) is 41.1 Å². The number of allylic oxidation sites excluding steroid dienone is 1. The van der Waals surface area contributed by atoms with Crippen molar-refractivity contribution in [2.45, 2.75) is 90.8 Å². The summed E-state index contributed by atoms with van der Waals surface area (Å²) in [6, 6.07) is 0. The Morgan fingerprint density at radius 2 is 1.77 bits per heavy atom. The standard InChI is InChI=1S/C25H36O6/c1-15(26)30-14-22(31-16(2)27)25(29)12-9-21-19-6-5-17-13-18(28)7-10-23(17,3)20(19)8-11-24(21,25)4/h13,19-22,29H,5-12,14H2,1-4H3/t19-,20+,21+,22-,23-,24+,25+/m0/s1. The molecule has 0 aromatic heterocycles. The summed E-state index contributed by atoms with van der Waals surface area (Å²) in [5.74, 6) is 0.657. The van der Waals surface area contributed by atoms with E-state index >= 15 is 0 Å². The average Bonchev–Trinajstić information content (AvgIpc) is 2.97. The van der Waals surface area contributed by atoms with E-state index < -0.39 is 29.1 Å². The Bertz CT molecular complexity index is 817. The molecule has 0 bridgehead atoms. The van der Waals surface area contributed by atoms with E-state index in [-0.39, 0.29) is 17.8 Å². The fourth-order valence-corrected chi connectivity index (χ4v) is 7.80. The van der Waals surface area contributed by atoms with Crippen LogP contribution in [0.15, 0.2) is 11.6 Å². The summed E-state index contributed by atoms with van der Waals surface area (Å²) in [5.41, 5.74) is -0.222. The smallest absolute Gasteiger partial charge is 0.303 e. The highest BCUT2D eigenvalue weighted by Gasteiger charge is 2.66. The summed E-state index contributed by atoms with van der Waals surface area (Å²) in [6.07, 6.45) is 7.84. The molecular formula is C25H36O6. The maximum Gasteiger partial charge on any atom is 0.303 e. The van der Waals surface area contributed by atoms with E-state index in [2.05, 4.69) is 13.8 Å². The average molecular weight is 433 g/mol. The third-order valence-electron chi connectivity index (χ3n) is 9.46. The minimum Gasteiger partial charge on any atom is -0.462 e. The van der Waals surface area contributed by atoms with E-state index in [4.69, 9.17) is 9.47 Å². The molecule has 172 valence electrons. The molecule has 0 radical (unpaired) electrons. The first-order chi connectivity index (χ1) is 14.5. The number of ether oxygens (including phenoxy) is 2. The zero-order valence-electron chi connectivity index (χ0n) is 19.2. The van der Waals surface area contributed by atoms with Gasteiger partial charge in [0.25, 0.3) is 0 Å². The zero-order valence-corrected chi connectivity index (χ0v) is 19.2. The fraction of sp³-hybridized carbons (Fsp3) is 0.800. The molecule has 3 saturated carbocycles. The van der Waals surface area contributed by atoms with Gasteiger partial charge in [0.2, 0.25) is 0 Å². The van der Waals surface area contributed by atoms with Crippen molar-refractivity contribution in [1.82, 2.24) is 0 Å². The van der Waals surface area contributed by atoms with Crippen LogP contribution in [0.2, 0.25) is 0 Å². The van der Waals surface area contributed by atoms with Crippen LogP contribution in [0.3, 0.4) is 0 Å². The lowest BCUT2D eigenvalue weighted by atomic mass is 9.46. The van der Waals surface area contributed by atoms with Crippen molar-refractivity contribution in [2.75, 3.05) is 6.61 Å². The molecule has 0 unspecified atom stereocenters. The van der Waals surface area contributed by atoms with Gasteiger partial charge in [-0.05, 0) is 74.2 Å². The van der Waals surface area contributed by atoms with Crippen LogP contribution in [0.5, 0.6) is 0 Å². The van der Waals surface area contributed by atoms with Crippen LogP contribution in [-0.2, 0) is 23.9 Å². The van der Waals surface area contributed by atoms with Crippen LogP contribution in [0, 0.1) is 28.6 Å². The summed E-state index contributed by atoms with van der Waals surface area (Å²) in [4.78, 5) is 35.3.